The minimum Gasteiger partial charge on any atom is -0.547 e. The van der Waals surface area contributed by atoms with Gasteiger partial charge in [0.05, 0.1) is 12.2 Å². The summed E-state index contributed by atoms with van der Waals surface area (Å²) in [6.45, 7) is 1.55. The first-order valence-corrected chi connectivity index (χ1v) is 11.6. The molecule has 2 aromatic carbocycles. The molecular formula is C22H25N2O6S-. The molecule has 8 nitrogen and oxygen atoms in total. The number of benzene rings is 2. The molecule has 1 atom stereocenters. The SMILES string of the molecule is CO[C@H](Cc1ccc(NCCCn2ccc3cc(OS(C)(=O)=O)ccc32)cc1)C(=O)[O-]. The van der Waals surface area contributed by atoms with Crippen LogP contribution < -0.4 is 14.6 Å². The molecule has 0 saturated carbocycles. The van der Waals surface area contributed by atoms with Gasteiger partial charge in [-0.3, -0.25) is 0 Å². The number of carbonyl (C=O) groups excluding carboxylic acids is 1. The summed E-state index contributed by atoms with van der Waals surface area (Å²) in [6.07, 6.45) is 3.17. The first kappa shape index (κ1) is 22.6. The number of hydrogen-bond acceptors (Lipinski definition) is 7. The number of rotatable bonds is 11. The Kier molecular flexibility index (Phi) is 7.19. The molecule has 0 spiro atoms. The molecule has 0 aliphatic rings. The van der Waals surface area contributed by atoms with Crippen LogP contribution in [0.2, 0.25) is 0 Å². The number of fused-ring (bicyclic) bond motifs is 1. The van der Waals surface area contributed by atoms with E-state index >= 15 is 0 Å². The standard InChI is InChI=1S/C22H26N2O6S/c1-29-21(22(25)26)14-16-4-6-18(7-5-16)23-11-3-12-24-13-10-17-15-19(8-9-20(17)24)30-31(2,27)28/h4-10,13,15,21,23H,3,11-12,14H2,1-2H3,(H,25,26)/p-1/t21-/m1/s1. The van der Waals surface area contributed by atoms with Crippen molar-refractivity contribution in [1.82, 2.24) is 4.57 Å². The van der Waals surface area contributed by atoms with Crippen molar-refractivity contribution in [2.24, 2.45) is 0 Å². The molecule has 0 fully saturated rings. The summed E-state index contributed by atoms with van der Waals surface area (Å²) in [4.78, 5) is 10.9. The van der Waals surface area contributed by atoms with Crippen LogP contribution in [0.1, 0.15) is 12.0 Å². The van der Waals surface area contributed by atoms with Gasteiger partial charge in [0.25, 0.3) is 0 Å². The third kappa shape index (κ3) is 6.47. The Morgan fingerprint density at radius 3 is 2.55 bits per heavy atom. The largest absolute Gasteiger partial charge is 0.547 e. The van der Waals surface area contributed by atoms with E-state index in [0.717, 1.165) is 47.9 Å². The van der Waals surface area contributed by atoms with Crippen LogP contribution in [-0.4, -0.2) is 45.0 Å². The fourth-order valence-electron chi connectivity index (χ4n) is 3.32. The van der Waals surface area contributed by atoms with Crippen molar-refractivity contribution >= 4 is 32.7 Å². The zero-order valence-corrected chi connectivity index (χ0v) is 18.2. The van der Waals surface area contributed by atoms with Crippen LogP contribution in [0, 0.1) is 0 Å². The molecule has 1 aromatic heterocycles. The number of hydrogen-bond donors (Lipinski definition) is 1. The number of carboxylic acids is 1. The van der Waals surface area contributed by atoms with E-state index in [9.17, 15) is 18.3 Å². The lowest BCUT2D eigenvalue weighted by atomic mass is 10.1. The topological polar surface area (TPSA) is 110 Å². The number of aryl methyl sites for hydroxylation is 1. The average molecular weight is 446 g/mol. The number of nitrogens with zero attached hydrogens (tertiary/aromatic N) is 1. The van der Waals surface area contributed by atoms with Crippen molar-refractivity contribution in [3.63, 3.8) is 0 Å². The van der Waals surface area contributed by atoms with Crippen molar-refractivity contribution in [2.75, 3.05) is 25.2 Å². The Balaban J connectivity index is 1.50. The van der Waals surface area contributed by atoms with E-state index in [1.54, 1.807) is 12.1 Å². The number of carboxylic acid groups (broad SMARTS) is 1. The van der Waals surface area contributed by atoms with Gasteiger partial charge in [0.15, 0.2) is 0 Å². The number of anilines is 1. The highest BCUT2D eigenvalue weighted by molar-refractivity contribution is 7.86. The predicted molar refractivity (Wildman–Crippen MR) is 116 cm³/mol. The van der Waals surface area contributed by atoms with E-state index in [1.165, 1.54) is 7.11 Å². The summed E-state index contributed by atoms with van der Waals surface area (Å²) < 4.78 is 34.5. The van der Waals surface area contributed by atoms with Gasteiger partial charge in [-0.05, 0) is 48.4 Å². The molecular weight excluding hydrogens is 420 g/mol. The number of ether oxygens (including phenoxy) is 1. The zero-order chi connectivity index (χ0) is 22.4. The maximum absolute atomic E-state index is 11.3. The Morgan fingerprint density at radius 2 is 1.90 bits per heavy atom. The number of carbonyl (C=O) groups is 1. The van der Waals surface area contributed by atoms with Crippen LogP contribution in [-0.2, 0) is 32.6 Å². The molecule has 0 saturated heterocycles. The highest BCUT2D eigenvalue weighted by Crippen LogP contribution is 2.23. The molecule has 3 rings (SSSR count). The first-order valence-electron chi connectivity index (χ1n) is 9.80. The molecule has 0 amide bonds. The molecule has 0 unspecified atom stereocenters. The third-order valence-electron chi connectivity index (χ3n) is 4.82. The molecule has 9 heteroatoms. The Labute approximate surface area is 181 Å². The van der Waals surface area contributed by atoms with E-state index in [2.05, 4.69) is 9.88 Å². The van der Waals surface area contributed by atoms with Gasteiger partial charge in [0, 0.05) is 49.4 Å². The minimum atomic E-state index is -3.55. The Hall–Kier alpha value is -3.04. The zero-order valence-electron chi connectivity index (χ0n) is 17.4. The number of methoxy groups -OCH3 is 1. The second-order valence-electron chi connectivity index (χ2n) is 7.24. The Morgan fingerprint density at radius 1 is 1.16 bits per heavy atom. The van der Waals surface area contributed by atoms with Crippen LogP contribution in [0.5, 0.6) is 5.75 Å². The molecule has 1 heterocycles. The van der Waals surface area contributed by atoms with Crippen molar-refractivity contribution in [3.8, 4) is 5.75 Å². The fraction of sp³-hybridized carbons (Fsp3) is 0.318. The average Bonchev–Trinajstić information content (AvgIpc) is 3.11. The summed E-state index contributed by atoms with van der Waals surface area (Å²) in [6, 6.07) is 14.7. The molecule has 31 heavy (non-hydrogen) atoms. The van der Waals surface area contributed by atoms with Gasteiger partial charge in [0.1, 0.15) is 11.9 Å². The normalized spacial score (nSPS) is 12.6. The highest BCUT2D eigenvalue weighted by Gasteiger charge is 2.10. The van der Waals surface area contributed by atoms with Gasteiger partial charge < -0.3 is 28.7 Å². The molecule has 0 bridgehead atoms. The summed E-state index contributed by atoms with van der Waals surface area (Å²) in [7, 11) is -2.19. The second kappa shape index (κ2) is 9.84. The molecule has 0 radical (unpaired) electrons. The van der Waals surface area contributed by atoms with Crippen LogP contribution in [0.15, 0.2) is 54.7 Å². The number of aliphatic carboxylic acids is 1. The van der Waals surface area contributed by atoms with Gasteiger partial charge in [-0.15, -0.1) is 0 Å². The van der Waals surface area contributed by atoms with E-state index in [4.69, 9.17) is 8.92 Å². The fourth-order valence-corrected chi connectivity index (χ4v) is 3.77. The van der Waals surface area contributed by atoms with Gasteiger partial charge >= 0.3 is 10.1 Å². The van der Waals surface area contributed by atoms with E-state index in [1.807, 2.05) is 42.6 Å². The molecule has 1 N–H and O–H groups in total. The maximum Gasteiger partial charge on any atom is 0.306 e. The third-order valence-corrected chi connectivity index (χ3v) is 5.31. The summed E-state index contributed by atoms with van der Waals surface area (Å²) in [5.41, 5.74) is 2.82. The van der Waals surface area contributed by atoms with E-state index in [-0.39, 0.29) is 6.42 Å². The van der Waals surface area contributed by atoms with E-state index < -0.39 is 22.2 Å². The van der Waals surface area contributed by atoms with E-state index in [0.29, 0.717) is 5.75 Å². The van der Waals surface area contributed by atoms with Crippen LogP contribution in [0.25, 0.3) is 10.9 Å². The van der Waals surface area contributed by atoms with Crippen LogP contribution in [0.4, 0.5) is 5.69 Å². The number of nitrogens with one attached hydrogen (secondary N) is 1. The van der Waals surface area contributed by atoms with Crippen molar-refractivity contribution < 1.29 is 27.2 Å². The first-order chi connectivity index (χ1) is 14.7. The smallest absolute Gasteiger partial charge is 0.306 e. The van der Waals surface area contributed by atoms with Crippen molar-refractivity contribution in [2.45, 2.75) is 25.5 Å². The highest BCUT2D eigenvalue weighted by atomic mass is 32.2. The second-order valence-corrected chi connectivity index (χ2v) is 8.82. The van der Waals surface area contributed by atoms with Gasteiger partial charge in [-0.1, -0.05) is 12.1 Å². The molecule has 166 valence electrons. The van der Waals surface area contributed by atoms with Crippen molar-refractivity contribution in [1.29, 1.82) is 0 Å². The lowest BCUT2D eigenvalue weighted by molar-refractivity contribution is -0.315. The van der Waals surface area contributed by atoms with Gasteiger partial charge in [-0.25, -0.2) is 0 Å². The minimum absolute atomic E-state index is 0.261. The van der Waals surface area contributed by atoms with Crippen molar-refractivity contribution in [3.05, 3.63) is 60.3 Å². The lowest BCUT2D eigenvalue weighted by Crippen LogP contribution is -2.38. The molecule has 0 aliphatic heterocycles. The summed E-state index contributed by atoms with van der Waals surface area (Å²) in [5, 5.41) is 15.2. The van der Waals surface area contributed by atoms with Crippen LogP contribution in [0.3, 0.4) is 0 Å². The van der Waals surface area contributed by atoms with Crippen LogP contribution >= 0.6 is 0 Å². The maximum atomic E-state index is 11.3. The van der Waals surface area contributed by atoms with Gasteiger partial charge in [-0.2, -0.15) is 8.42 Å². The molecule has 0 aliphatic carbocycles. The lowest BCUT2D eigenvalue weighted by Gasteiger charge is -2.16. The predicted octanol–water partition coefficient (Wildman–Crippen LogP) is 1.79. The summed E-state index contributed by atoms with van der Waals surface area (Å²) >= 11 is 0. The quantitative estimate of drug-likeness (QED) is 0.354. The Bertz CT molecular complexity index is 1140. The monoisotopic (exact) mass is 445 g/mol. The molecule has 3 aromatic rings. The number of aromatic nitrogens is 1. The van der Waals surface area contributed by atoms with Gasteiger partial charge in [0.2, 0.25) is 0 Å². The summed E-state index contributed by atoms with van der Waals surface area (Å²) in [5.74, 6) is -0.921.